The summed E-state index contributed by atoms with van der Waals surface area (Å²) >= 11 is 1.66. The maximum Gasteiger partial charge on any atom is 0.247 e. The van der Waals surface area contributed by atoms with Crippen molar-refractivity contribution < 1.29 is 19.5 Å². The zero-order valence-corrected chi connectivity index (χ0v) is 19.5. The van der Waals surface area contributed by atoms with Crippen LogP contribution in [0.5, 0.6) is 0 Å². The number of amides is 3. The van der Waals surface area contributed by atoms with E-state index in [4.69, 9.17) is 0 Å². The summed E-state index contributed by atoms with van der Waals surface area (Å²) in [4.78, 5) is 45.6. The highest BCUT2D eigenvalue weighted by Crippen LogP contribution is 2.66. The van der Waals surface area contributed by atoms with Gasteiger partial charge in [0.1, 0.15) is 6.04 Å². The van der Waals surface area contributed by atoms with E-state index in [-0.39, 0.29) is 36.1 Å². The first-order chi connectivity index (χ1) is 14.9. The van der Waals surface area contributed by atoms with Gasteiger partial charge in [0.2, 0.25) is 17.7 Å². The van der Waals surface area contributed by atoms with Gasteiger partial charge < -0.3 is 19.8 Å². The number of carbonyl (C=O) groups is 3. The van der Waals surface area contributed by atoms with Crippen molar-refractivity contribution in [1.82, 2.24) is 14.7 Å². The fourth-order valence-electron chi connectivity index (χ4n) is 5.57. The Bertz CT molecular complexity index is 744. The van der Waals surface area contributed by atoms with Crippen molar-refractivity contribution in [1.29, 1.82) is 0 Å². The molecule has 8 heteroatoms. The molecule has 2 bridgehead atoms. The van der Waals surface area contributed by atoms with E-state index in [0.717, 1.165) is 25.7 Å². The molecule has 3 amide bonds. The summed E-state index contributed by atoms with van der Waals surface area (Å²) in [5.41, 5.74) is 0. The van der Waals surface area contributed by atoms with Crippen molar-refractivity contribution in [3.63, 3.8) is 0 Å². The molecule has 1 N–H and O–H groups in total. The fourth-order valence-corrected chi connectivity index (χ4v) is 7.78. The Morgan fingerprint density at radius 3 is 2.61 bits per heavy atom. The van der Waals surface area contributed by atoms with Crippen LogP contribution < -0.4 is 0 Å². The molecule has 7 nitrogen and oxygen atoms in total. The fraction of sp³-hybridized carbons (Fsp3) is 0.696. The van der Waals surface area contributed by atoms with Gasteiger partial charge in [0.15, 0.2) is 0 Å². The Kier molecular flexibility index (Phi) is 7.52. The number of likely N-dealkylation sites (tertiary alicyclic amines) is 1. The Hall–Kier alpha value is -1.80. The number of hydrogen-bond donors (Lipinski definition) is 1. The molecule has 31 heavy (non-hydrogen) atoms. The van der Waals surface area contributed by atoms with Crippen LogP contribution in [0.15, 0.2) is 25.3 Å². The average molecular weight is 450 g/mol. The molecular weight excluding hydrogens is 414 g/mol. The predicted molar refractivity (Wildman–Crippen MR) is 122 cm³/mol. The second kappa shape index (κ2) is 9.77. The maximum atomic E-state index is 13.8. The van der Waals surface area contributed by atoms with Crippen molar-refractivity contribution in [2.75, 3.05) is 39.8 Å². The third-order valence-electron chi connectivity index (χ3n) is 6.88. The van der Waals surface area contributed by atoms with Gasteiger partial charge in [-0.05, 0) is 19.3 Å². The van der Waals surface area contributed by atoms with E-state index < -0.39 is 22.6 Å². The van der Waals surface area contributed by atoms with Crippen molar-refractivity contribution in [2.45, 2.75) is 48.6 Å². The van der Waals surface area contributed by atoms with Crippen LogP contribution in [0.1, 0.15) is 32.6 Å². The number of carbonyl (C=O) groups excluding carboxylic acids is 3. The standard InChI is InChI=1S/C23H35N3O4S/c1-5-8-13-25(12-7-3)22(30)19-23-10-9-16(31-23)17(20(28)24(4)11-6-2)18(23)21(29)26(19)14-15-27/h6-7,16-19,27H,2-3,5,8-15H2,1,4H3/t16-,17+,18+,19?,23?/m1/s1. The van der Waals surface area contributed by atoms with Gasteiger partial charge in [-0.3, -0.25) is 14.4 Å². The van der Waals surface area contributed by atoms with Crippen LogP contribution in [0.3, 0.4) is 0 Å². The molecule has 2 unspecified atom stereocenters. The Morgan fingerprint density at radius 2 is 2.00 bits per heavy atom. The number of aliphatic hydroxyl groups excluding tert-OH is 1. The maximum absolute atomic E-state index is 13.8. The third kappa shape index (κ3) is 3.93. The molecule has 3 aliphatic heterocycles. The summed E-state index contributed by atoms with van der Waals surface area (Å²) in [6, 6.07) is -0.647. The van der Waals surface area contributed by atoms with Crippen molar-refractivity contribution in [3.8, 4) is 0 Å². The molecule has 1 spiro atoms. The first-order valence-electron chi connectivity index (χ1n) is 11.2. The van der Waals surface area contributed by atoms with E-state index in [1.807, 2.05) is 0 Å². The Morgan fingerprint density at radius 1 is 1.29 bits per heavy atom. The van der Waals surface area contributed by atoms with E-state index in [2.05, 4.69) is 20.1 Å². The minimum absolute atomic E-state index is 0.0452. The molecule has 0 aromatic rings. The number of hydrogen-bond acceptors (Lipinski definition) is 5. The number of rotatable bonds is 11. The van der Waals surface area contributed by atoms with E-state index in [1.54, 1.807) is 45.7 Å². The molecule has 3 saturated heterocycles. The van der Waals surface area contributed by atoms with Gasteiger partial charge in [-0.25, -0.2) is 0 Å². The number of thioether (sulfide) groups is 1. The van der Waals surface area contributed by atoms with Gasteiger partial charge in [-0.1, -0.05) is 25.5 Å². The molecule has 0 radical (unpaired) electrons. The van der Waals surface area contributed by atoms with Gasteiger partial charge in [0.05, 0.1) is 23.2 Å². The predicted octanol–water partition coefficient (Wildman–Crippen LogP) is 1.53. The number of unbranched alkanes of at least 4 members (excludes halogenated alkanes) is 1. The number of nitrogens with zero attached hydrogens (tertiary/aromatic N) is 3. The SMILES string of the molecule is C=CCN(C)C(=O)[C@@H]1[C@H]2C(=O)N(CCO)C(C(=O)N(CC=C)CCCC)C23CC[C@H]1S3. The lowest BCUT2D eigenvalue weighted by molar-refractivity contribution is -0.144. The lowest BCUT2D eigenvalue weighted by atomic mass is 9.70. The molecule has 5 atom stereocenters. The zero-order chi connectivity index (χ0) is 22.8. The Balaban J connectivity index is 1.98. The Labute approximate surface area is 189 Å². The highest BCUT2D eigenvalue weighted by atomic mass is 32.2. The van der Waals surface area contributed by atoms with Crippen molar-refractivity contribution in [3.05, 3.63) is 25.3 Å². The monoisotopic (exact) mass is 449 g/mol. The van der Waals surface area contributed by atoms with Crippen LogP contribution in [-0.4, -0.2) is 93.4 Å². The normalized spacial score (nSPS) is 30.9. The highest BCUT2D eigenvalue weighted by molar-refractivity contribution is 8.02. The van der Waals surface area contributed by atoms with Gasteiger partial charge in [0.25, 0.3) is 0 Å². The number of aliphatic hydroxyl groups is 1. The molecule has 3 rings (SSSR count). The van der Waals surface area contributed by atoms with Gasteiger partial charge in [0, 0.05) is 38.5 Å². The number of β-amino-alcohol motifs (C(OH)–C–C–N with tert-alkyl or cyclic N) is 1. The van der Waals surface area contributed by atoms with Crippen LogP contribution in [0, 0.1) is 11.8 Å². The molecule has 3 fully saturated rings. The molecule has 0 aromatic carbocycles. The summed E-state index contributed by atoms with van der Waals surface area (Å²) in [5.74, 6) is -1.25. The number of fused-ring (bicyclic) bond motifs is 1. The minimum atomic E-state index is -0.647. The minimum Gasteiger partial charge on any atom is -0.395 e. The first-order valence-corrected chi connectivity index (χ1v) is 12.1. The van der Waals surface area contributed by atoms with Gasteiger partial charge in [-0.15, -0.1) is 24.9 Å². The van der Waals surface area contributed by atoms with Gasteiger partial charge >= 0.3 is 0 Å². The second-order valence-corrected chi connectivity index (χ2v) is 10.3. The van der Waals surface area contributed by atoms with Crippen LogP contribution in [0.4, 0.5) is 0 Å². The lowest BCUT2D eigenvalue weighted by Crippen LogP contribution is -2.55. The molecule has 3 heterocycles. The highest BCUT2D eigenvalue weighted by Gasteiger charge is 2.73. The second-order valence-electron chi connectivity index (χ2n) is 8.75. The van der Waals surface area contributed by atoms with E-state index in [9.17, 15) is 19.5 Å². The van der Waals surface area contributed by atoms with E-state index in [0.29, 0.717) is 19.6 Å². The lowest BCUT2D eigenvalue weighted by Gasteiger charge is -2.37. The molecule has 0 saturated carbocycles. The molecule has 172 valence electrons. The number of likely N-dealkylation sites (N-methyl/N-ethyl adjacent to an activating group) is 1. The van der Waals surface area contributed by atoms with Crippen LogP contribution in [-0.2, 0) is 14.4 Å². The quantitative estimate of drug-likeness (QED) is 0.484. The largest absolute Gasteiger partial charge is 0.395 e. The van der Waals surface area contributed by atoms with E-state index in [1.165, 1.54) is 0 Å². The summed E-state index contributed by atoms with van der Waals surface area (Å²) in [5, 5.41) is 9.71. The summed E-state index contributed by atoms with van der Waals surface area (Å²) in [7, 11) is 1.73. The molecule has 0 aliphatic carbocycles. The van der Waals surface area contributed by atoms with Crippen molar-refractivity contribution >= 4 is 29.5 Å². The summed E-state index contributed by atoms with van der Waals surface area (Å²) in [6.07, 6.45) is 6.78. The average Bonchev–Trinajstić information content (AvgIpc) is 3.38. The van der Waals surface area contributed by atoms with Gasteiger partial charge in [-0.2, -0.15) is 0 Å². The van der Waals surface area contributed by atoms with Crippen LogP contribution in [0.25, 0.3) is 0 Å². The smallest absolute Gasteiger partial charge is 0.247 e. The van der Waals surface area contributed by atoms with Crippen molar-refractivity contribution in [2.24, 2.45) is 11.8 Å². The first kappa shape index (κ1) is 23.9. The summed E-state index contributed by atoms with van der Waals surface area (Å²) in [6.45, 7) is 10.9. The zero-order valence-electron chi connectivity index (χ0n) is 18.7. The topological polar surface area (TPSA) is 81.2 Å². The summed E-state index contributed by atoms with van der Waals surface area (Å²) < 4.78 is -0.602. The van der Waals surface area contributed by atoms with E-state index >= 15 is 0 Å². The molecule has 3 aliphatic rings. The molecule has 0 aromatic heterocycles. The third-order valence-corrected chi connectivity index (χ3v) is 8.83. The van der Waals surface area contributed by atoms with Crippen LogP contribution in [0.2, 0.25) is 0 Å². The molecular formula is C23H35N3O4S. The van der Waals surface area contributed by atoms with Crippen LogP contribution >= 0.6 is 11.8 Å².